The molecule has 0 saturated heterocycles. The Morgan fingerprint density at radius 3 is 2.76 bits per heavy atom. The van der Waals surface area contributed by atoms with Gasteiger partial charge in [0.15, 0.2) is 0 Å². The molecule has 3 rings (SSSR count). The smallest absolute Gasteiger partial charge is 0.371 e. The van der Waals surface area contributed by atoms with Crippen molar-refractivity contribution in [3.05, 3.63) is 65.4 Å². The molecule has 3 nitrogen and oxygen atoms in total. The van der Waals surface area contributed by atoms with Gasteiger partial charge >= 0.3 is 5.97 Å². The van der Waals surface area contributed by atoms with Gasteiger partial charge in [-0.15, -0.1) is 11.8 Å². The fourth-order valence-electron chi connectivity index (χ4n) is 2.17. The number of fused-ring (bicyclic) bond motifs is 1. The minimum atomic E-state index is -1.04. The number of hydrogen-bond donors (Lipinski definition) is 1. The molecule has 3 aromatic rings. The van der Waals surface area contributed by atoms with Crippen LogP contribution in [0.2, 0.25) is 0 Å². The summed E-state index contributed by atoms with van der Waals surface area (Å²) < 4.78 is 5.26. The molecule has 21 heavy (non-hydrogen) atoms. The molecule has 0 amide bonds. The van der Waals surface area contributed by atoms with Crippen LogP contribution in [-0.4, -0.2) is 11.1 Å². The Balaban J connectivity index is 1.81. The first kappa shape index (κ1) is 13.8. The Bertz CT molecular complexity index is 805. The summed E-state index contributed by atoms with van der Waals surface area (Å²) in [6.07, 6.45) is 0. The fraction of sp³-hybridized carbons (Fsp3) is 0.118. The number of rotatable bonds is 4. The molecule has 1 aromatic heterocycles. The summed E-state index contributed by atoms with van der Waals surface area (Å²) in [5.74, 6) is -0.218. The van der Waals surface area contributed by atoms with Gasteiger partial charge in [0.05, 0.1) is 0 Å². The fourth-order valence-corrected chi connectivity index (χ4v) is 3.14. The number of carboxylic acids is 1. The van der Waals surface area contributed by atoms with Crippen LogP contribution in [0.25, 0.3) is 11.0 Å². The third-order valence-electron chi connectivity index (χ3n) is 3.28. The summed E-state index contributed by atoms with van der Waals surface area (Å²) in [5, 5.41) is 9.77. The summed E-state index contributed by atoms with van der Waals surface area (Å²) in [6.45, 7) is 2.10. The highest BCUT2D eigenvalue weighted by atomic mass is 32.2. The molecule has 0 atom stereocenters. The monoisotopic (exact) mass is 298 g/mol. The first-order valence-electron chi connectivity index (χ1n) is 6.58. The van der Waals surface area contributed by atoms with Crippen LogP contribution in [0.15, 0.2) is 57.8 Å². The van der Waals surface area contributed by atoms with E-state index in [1.54, 1.807) is 17.8 Å². The van der Waals surface area contributed by atoms with Crippen molar-refractivity contribution in [3.63, 3.8) is 0 Å². The van der Waals surface area contributed by atoms with E-state index in [9.17, 15) is 4.79 Å². The number of aryl methyl sites for hydroxylation is 1. The van der Waals surface area contributed by atoms with E-state index in [4.69, 9.17) is 9.52 Å². The second kappa shape index (κ2) is 5.66. The molecule has 0 aliphatic rings. The van der Waals surface area contributed by atoms with Crippen LogP contribution in [0.3, 0.4) is 0 Å². The zero-order chi connectivity index (χ0) is 14.8. The average Bonchev–Trinajstić information content (AvgIpc) is 2.90. The van der Waals surface area contributed by atoms with Crippen molar-refractivity contribution >= 4 is 28.7 Å². The molecule has 0 radical (unpaired) electrons. The molecule has 1 N–H and O–H groups in total. The number of carboxylic acid groups (broad SMARTS) is 1. The lowest BCUT2D eigenvalue weighted by molar-refractivity contribution is 0.0665. The Kier molecular flexibility index (Phi) is 3.71. The van der Waals surface area contributed by atoms with Crippen LogP contribution in [0.4, 0.5) is 0 Å². The zero-order valence-electron chi connectivity index (χ0n) is 11.5. The topological polar surface area (TPSA) is 50.4 Å². The van der Waals surface area contributed by atoms with E-state index in [2.05, 4.69) is 19.1 Å². The molecule has 0 aliphatic heterocycles. The lowest BCUT2D eigenvalue weighted by atomic mass is 10.2. The van der Waals surface area contributed by atoms with Crippen LogP contribution < -0.4 is 0 Å². The molecule has 4 heteroatoms. The SMILES string of the molecule is Cc1ccccc1SCc1ccc2oc(C(=O)O)cc2c1. The maximum absolute atomic E-state index is 10.9. The van der Waals surface area contributed by atoms with Gasteiger partial charge in [-0.2, -0.15) is 0 Å². The second-order valence-corrected chi connectivity index (χ2v) is 5.86. The Morgan fingerprint density at radius 1 is 1.19 bits per heavy atom. The summed E-state index contributed by atoms with van der Waals surface area (Å²) >= 11 is 1.77. The predicted octanol–water partition coefficient (Wildman–Crippen LogP) is 4.73. The highest BCUT2D eigenvalue weighted by Crippen LogP contribution is 2.28. The molecule has 0 aliphatic carbocycles. The lowest BCUT2D eigenvalue weighted by Crippen LogP contribution is -1.91. The summed E-state index contributed by atoms with van der Waals surface area (Å²) in [6, 6.07) is 15.6. The number of thioether (sulfide) groups is 1. The van der Waals surface area contributed by atoms with Gasteiger partial charge < -0.3 is 9.52 Å². The normalized spacial score (nSPS) is 10.9. The van der Waals surface area contributed by atoms with E-state index in [1.165, 1.54) is 10.5 Å². The van der Waals surface area contributed by atoms with Crippen molar-refractivity contribution < 1.29 is 14.3 Å². The minimum Gasteiger partial charge on any atom is -0.475 e. The Labute approximate surface area is 126 Å². The van der Waals surface area contributed by atoms with Crippen molar-refractivity contribution in [2.24, 2.45) is 0 Å². The summed E-state index contributed by atoms with van der Waals surface area (Å²) in [5.41, 5.74) is 3.02. The first-order valence-corrected chi connectivity index (χ1v) is 7.56. The lowest BCUT2D eigenvalue weighted by Gasteiger charge is -2.05. The van der Waals surface area contributed by atoms with Gasteiger partial charge in [0.25, 0.3) is 0 Å². The van der Waals surface area contributed by atoms with Crippen LogP contribution >= 0.6 is 11.8 Å². The average molecular weight is 298 g/mol. The third-order valence-corrected chi connectivity index (χ3v) is 4.53. The molecule has 0 fully saturated rings. The molecule has 0 unspecified atom stereocenters. The standard InChI is InChI=1S/C17H14O3S/c1-11-4-2-3-5-16(11)21-10-12-6-7-14-13(8-12)9-15(20-14)17(18)19/h2-9H,10H2,1H3,(H,18,19). The molecular formula is C17H14O3S. The largest absolute Gasteiger partial charge is 0.475 e. The molecule has 1 heterocycles. The molecular weight excluding hydrogens is 284 g/mol. The quantitative estimate of drug-likeness (QED) is 0.707. The van der Waals surface area contributed by atoms with Crippen molar-refractivity contribution in [1.82, 2.24) is 0 Å². The zero-order valence-corrected chi connectivity index (χ0v) is 12.3. The van der Waals surface area contributed by atoms with Crippen molar-refractivity contribution in [1.29, 1.82) is 0 Å². The maximum Gasteiger partial charge on any atom is 0.371 e. The van der Waals surface area contributed by atoms with E-state index in [1.807, 2.05) is 30.3 Å². The van der Waals surface area contributed by atoms with Crippen molar-refractivity contribution in [2.75, 3.05) is 0 Å². The molecule has 0 spiro atoms. The molecule has 2 aromatic carbocycles. The number of hydrogen-bond acceptors (Lipinski definition) is 3. The predicted molar refractivity (Wildman–Crippen MR) is 83.9 cm³/mol. The van der Waals surface area contributed by atoms with Crippen LogP contribution in [0.5, 0.6) is 0 Å². The first-order chi connectivity index (χ1) is 10.1. The van der Waals surface area contributed by atoms with Crippen molar-refractivity contribution in [2.45, 2.75) is 17.6 Å². The highest BCUT2D eigenvalue weighted by molar-refractivity contribution is 7.98. The molecule has 0 saturated carbocycles. The van der Waals surface area contributed by atoms with Crippen LogP contribution in [-0.2, 0) is 5.75 Å². The number of aromatic carboxylic acids is 1. The summed E-state index contributed by atoms with van der Waals surface area (Å²) in [4.78, 5) is 12.2. The van der Waals surface area contributed by atoms with E-state index in [-0.39, 0.29) is 5.76 Å². The maximum atomic E-state index is 10.9. The number of furan rings is 1. The van der Waals surface area contributed by atoms with Gasteiger partial charge in [0.2, 0.25) is 5.76 Å². The number of carbonyl (C=O) groups is 1. The minimum absolute atomic E-state index is 0.0197. The molecule has 0 bridgehead atoms. The van der Waals surface area contributed by atoms with Crippen LogP contribution in [0.1, 0.15) is 21.7 Å². The van der Waals surface area contributed by atoms with Gasteiger partial charge in [-0.05, 0) is 42.3 Å². The third kappa shape index (κ3) is 2.95. The highest BCUT2D eigenvalue weighted by Gasteiger charge is 2.10. The van der Waals surface area contributed by atoms with Gasteiger partial charge in [0.1, 0.15) is 5.58 Å². The van der Waals surface area contributed by atoms with Gasteiger partial charge in [0, 0.05) is 16.0 Å². The van der Waals surface area contributed by atoms with E-state index in [0.29, 0.717) is 5.58 Å². The Morgan fingerprint density at radius 2 is 2.00 bits per heavy atom. The van der Waals surface area contributed by atoms with Gasteiger partial charge in [-0.25, -0.2) is 4.79 Å². The Hall–Kier alpha value is -2.20. The van der Waals surface area contributed by atoms with E-state index < -0.39 is 5.97 Å². The summed E-state index contributed by atoms with van der Waals surface area (Å²) in [7, 11) is 0. The second-order valence-electron chi connectivity index (χ2n) is 4.84. The molecule has 106 valence electrons. The van der Waals surface area contributed by atoms with Gasteiger partial charge in [-0.3, -0.25) is 0 Å². The number of benzene rings is 2. The van der Waals surface area contributed by atoms with Gasteiger partial charge in [-0.1, -0.05) is 24.3 Å². The van der Waals surface area contributed by atoms with E-state index in [0.717, 1.165) is 16.7 Å². The van der Waals surface area contributed by atoms with Crippen LogP contribution in [0, 0.1) is 6.92 Å². The van der Waals surface area contributed by atoms with Crippen molar-refractivity contribution in [3.8, 4) is 0 Å². The van der Waals surface area contributed by atoms with E-state index >= 15 is 0 Å².